The Morgan fingerprint density at radius 2 is 2.04 bits per heavy atom. The second kappa shape index (κ2) is 7.55. The highest BCUT2D eigenvalue weighted by atomic mass is 19.1. The molecule has 1 aromatic heterocycles. The minimum atomic E-state index is -0.346. The zero-order chi connectivity index (χ0) is 17.9. The number of carbonyl (C=O) groups is 1. The lowest BCUT2D eigenvalue weighted by molar-refractivity contribution is 0.0331. The van der Waals surface area contributed by atoms with Gasteiger partial charge in [-0.2, -0.15) is 0 Å². The van der Waals surface area contributed by atoms with Crippen LogP contribution in [0.25, 0.3) is 0 Å². The minimum Gasteiger partial charge on any atom is -0.379 e. The molecule has 1 fully saturated rings. The Bertz CT molecular complexity index is 769. The largest absolute Gasteiger partial charge is 0.379 e. The first-order chi connectivity index (χ1) is 12.7. The van der Waals surface area contributed by atoms with Gasteiger partial charge < -0.3 is 14.6 Å². The topological polar surface area (TPSA) is 67.6 Å². The Labute approximate surface area is 151 Å². The normalized spacial score (nSPS) is 20.6. The first-order valence-corrected chi connectivity index (χ1v) is 9.02. The molecule has 1 saturated heterocycles. The smallest absolute Gasteiger partial charge is 0.251 e. The highest BCUT2D eigenvalue weighted by Crippen LogP contribution is 2.26. The van der Waals surface area contributed by atoms with E-state index in [-0.39, 0.29) is 17.8 Å². The van der Waals surface area contributed by atoms with Crippen molar-refractivity contribution in [2.75, 3.05) is 26.3 Å². The number of nitrogens with one attached hydrogen (secondary N) is 1. The average Bonchev–Trinajstić information content (AvgIpc) is 3.05. The molecule has 26 heavy (non-hydrogen) atoms. The number of aryl methyl sites for hydroxylation is 1. The summed E-state index contributed by atoms with van der Waals surface area (Å²) < 4.78 is 23.9. The van der Waals surface area contributed by atoms with Crippen LogP contribution in [0, 0.1) is 5.82 Å². The molecule has 2 aromatic rings. The lowest BCUT2D eigenvalue weighted by Crippen LogP contribution is -2.39. The van der Waals surface area contributed by atoms with E-state index in [1.54, 1.807) is 0 Å². The maximum absolute atomic E-state index is 13.0. The molecule has 1 N–H and O–H groups in total. The third-order valence-electron chi connectivity index (χ3n) is 5.04. The molecule has 2 aliphatic rings. The van der Waals surface area contributed by atoms with Gasteiger partial charge >= 0.3 is 0 Å². The molecular weight excluding hydrogens is 337 g/mol. The van der Waals surface area contributed by atoms with Crippen LogP contribution in [-0.4, -0.2) is 48.3 Å². The summed E-state index contributed by atoms with van der Waals surface area (Å²) in [6.07, 6.45) is 2.29. The molecule has 0 spiro atoms. The number of rotatable bonds is 4. The highest BCUT2D eigenvalue weighted by Gasteiger charge is 2.28. The summed E-state index contributed by atoms with van der Waals surface area (Å²) in [5.41, 5.74) is 2.55. The Morgan fingerprint density at radius 1 is 1.27 bits per heavy atom. The molecule has 0 radical (unpaired) electrons. The molecule has 1 amide bonds. The van der Waals surface area contributed by atoms with Crippen molar-refractivity contribution in [2.24, 2.45) is 0 Å². The van der Waals surface area contributed by atoms with E-state index >= 15 is 0 Å². The SMILES string of the molecule is O=C(NC1CCc2onc(CN3CCOCC3)c2C1)c1ccc(F)cc1. The third-order valence-corrected chi connectivity index (χ3v) is 5.04. The van der Waals surface area contributed by atoms with Gasteiger partial charge in [0.05, 0.1) is 13.2 Å². The molecule has 4 rings (SSSR count). The summed E-state index contributed by atoms with van der Waals surface area (Å²) in [5.74, 6) is 0.409. The molecule has 1 aliphatic heterocycles. The summed E-state index contributed by atoms with van der Waals surface area (Å²) >= 11 is 0. The number of halogens is 1. The van der Waals surface area contributed by atoms with E-state index in [2.05, 4.69) is 15.4 Å². The first kappa shape index (κ1) is 17.2. The number of fused-ring (bicyclic) bond motifs is 1. The molecule has 0 saturated carbocycles. The van der Waals surface area contributed by atoms with Gasteiger partial charge in [0.25, 0.3) is 5.91 Å². The third kappa shape index (κ3) is 3.78. The molecule has 138 valence electrons. The number of hydrogen-bond acceptors (Lipinski definition) is 5. The summed E-state index contributed by atoms with van der Waals surface area (Å²) in [6.45, 7) is 4.03. The molecule has 1 aliphatic carbocycles. The predicted octanol–water partition coefficient (Wildman–Crippen LogP) is 1.93. The number of benzene rings is 1. The van der Waals surface area contributed by atoms with Crippen molar-refractivity contribution in [2.45, 2.75) is 31.8 Å². The lowest BCUT2D eigenvalue weighted by Gasteiger charge is -2.27. The molecule has 6 nitrogen and oxygen atoms in total. The van der Waals surface area contributed by atoms with Crippen molar-refractivity contribution in [3.63, 3.8) is 0 Å². The van der Waals surface area contributed by atoms with Crippen molar-refractivity contribution in [1.29, 1.82) is 0 Å². The lowest BCUT2D eigenvalue weighted by atomic mass is 9.91. The van der Waals surface area contributed by atoms with Gasteiger partial charge in [-0.25, -0.2) is 4.39 Å². The number of morpholine rings is 1. The van der Waals surface area contributed by atoms with E-state index in [4.69, 9.17) is 9.26 Å². The molecular formula is C19H22FN3O3. The molecule has 1 atom stereocenters. The number of carbonyl (C=O) groups excluding carboxylic acids is 1. The van der Waals surface area contributed by atoms with E-state index < -0.39 is 0 Å². The van der Waals surface area contributed by atoms with Crippen LogP contribution in [-0.2, 0) is 24.1 Å². The van der Waals surface area contributed by atoms with Gasteiger partial charge in [-0.15, -0.1) is 0 Å². The number of amides is 1. The maximum Gasteiger partial charge on any atom is 0.251 e. The highest BCUT2D eigenvalue weighted by molar-refractivity contribution is 5.94. The van der Waals surface area contributed by atoms with Crippen LogP contribution < -0.4 is 5.32 Å². The van der Waals surface area contributed by atoms with E-state index in [9.17, 15) is 9.18 Å². The fourth-order valence-corrected chi connectivity index (χ4v) is 3.55. The zero-order valence-electron chi connectivity index (χ0n) is 14.5. The Hall–Kier alpha value is -2.25. The summed E-state index contributed by atoms with van der Waals surface area (Å²) in [7, 11) is 0. The van der Waals surface area contributed by atoms with Crippen molar-refractivity contribution in [3.05, 3.63) is 52.7 Å². The Morgan fingerprint density at radius 3 is 2.81 bits per heavy atom. The Kier molecular flexibility index (Phi) is 4.99. The fourth-order valence-electron chi connectivity index (χ4n) is 3.55. The zero-order valence-corrected chi connectivity index (χ0v) is 14.5. The number of aromatic nitrogens is 1. The second-order valence-electron chi connectivity index (χ2n) is 6.84. The molecule has 0 bridgehead atoms. The van der Waals surface area contributed by atoms with Crippen LogP contribution in [0.1, 0.15) is 33.8 Å². The van der Waals surface area contributed by atoms with Crippen LogP contribution in [0.2, 0.25) is 0 Å². The fraction of sp³-hybridized carbons (Fsp3) is 0.474. The van der Waals surface area contributed by atoms with Crippen molar-refractivity contribution in [1.82, 2.24) is 15.4 Å². The van der Waals surface area contributed by atoms with Gasteiger partial charge in [0, 0.05) is 43.2 Å². The van der Waals surface area contributed by atoms with Gasteiger partial charge in [0.1, 0.15) is 17.3 Å². The summed E-state index contributed by atoms with van der Waals surface area (Å²) in [4.78, 5) is 14.7. The van der Waals surface area contributed by atoms with Gasteiger partial charge in [0.15, 0.2) is 0 Å². The van der Waals surface area contributed by atoms with Gasteiger partial charge in [-0.3, -0.25) is 9.69 Å². The van der Waals surface area contributed by atoms with Gasteiger partial charge in [0.2, 0.25) is 0 Å². The van der Waals surface area contributed by atoms with Crippen LogP contribution in [0.5, 0.6) is 0 Å². The molecule has 2 heterocycles. The first-order valence-electron chi connectivity index (χ1n) is 9.02. The molecule has 7 heteroatoms. The standard InChI is InChI=1S/C19H22FN3O3/c20-14-3-1-13(2-4-14)19(24)21-15-5-6-18-16(11-15)17(22-26-18)12-23-7-9-25-10-8-23/h1-4,15H,5-12H2,(H,21,24). The monoisotopic (exact) mass is 359 g/mol. The van der Waals surface area contributed by atoms with E-state index in [0.29, 0.717) is 12.0 Å². The molecule has 1 unspecified atom stereocenters. The number of ether oxygens (including phenoxy) is 1. The Balaban J connectivity index is 1.41. The molecule has 1 aromatic carbocycles. The van der Waals surface area contributed by atoms with E-state index in [1.165, 1.54) is 24.3 Å². The average molecular weight is 359 g/mol. The van der Waals surface area contributed by atoms with Gasteiger partial charge in [-0.1, -0.05) is 5.16 Å². The van der Waals surface area contributed by atoms with Crippen LogP contribution in [0.3, 0.4) is 0 Å². The van der Waals surface area contributed by atoms with Crippen LogP contribution in [0.15, 0.2) is 28.8 Å². The van der Waals surface area contributed by atoms with Crippen molar-refractivity contribution >= 4 is 5.91 Å². The van der Waals surface area contributed by atoms with Crippen LogP contribution in [0.4, 0.5) is 4.39 Å². The van der Waals surface area contributed by atoms with Crippen molar-refractivity contribution in [3.8, 4) is 0 Å². The minimum absolute atomic E-state index is 0.0305. The van der Waals surface area contributed by atoms with Gasteiger partial charge in [-0.05, 0) is 37.1 Å². The van der Waals surface area contributed by atoms with E-state index in [0.717, 1.165) is 62.7 Å². The van der Waals surface area contributed by atoms with Crippen molar-refractivity contribution < 1.29 is 18.4 Å². The van der Waals surface area contributed by atoms with E-state index in [1.807, 2.05) is 0 Å². The quantitative estimate of drug-likeness (QED) is 0.904. The number of nitrogens with zero attached hydrogens (tertiary/aromatic N) is 2. The maximum atomic E-state index is 13.0. The summed E-state index contributed by atoms with van der Waals surface area (Å²) in [5, 5.41) is 7.31. The summed E-state index contributed by atoms with van der Waals surface area (Å²) in [6, 6.07) is 5.63. The number of hydrogen-bond donors (Lipinski definition) is 1. The van der Waals surface area contributed by atoms with Crippen LogP contribution >= 0.6 is 0 Å². The predicted molar refractivity (Wildman–Crippen MR) is 92.3 cm³/mol. The second-order valence-corrected chi connectivity index (χ2v) is 6.84.